The van der Waals surface area contributed by atoms with Crippen molar-refractivity contribution in [3.8, 4) is 6.07 Å². The standard InChI is InChI=1S/C20H16ClN3O/c1-20(10-5-11-22)18-17-12(6-3-9-15(17)24(2)19(20)25)16-13(21)7-4-8-14(16)23-18/h3-4,6-9H,5,10H2,1-2H3. The average Bonchev–Trinajstić information content (AvgIpc) is 2.62. The first-order valence-electron chi connectivity index (χ1n) is 8.15. The van der Waals surface area contributed by atoms with E-state index in [0.717, 1.165) is 33.1 Å². The second-order valence-electron chi connectivity index (χ2n) is 6.65. The zero-order chi connectivity index (χ0) is 17.8. The molecule has 0 aliphatic carbocycles. The van der Waals surface area contributed by atoms with Gasteiger partial charge in [0.15, 0.2) is 0 Å². The first kappa shape index (κ1) is 15.9. The van der Waals surface area contributed by atoms with Gasteiger partial charge in [0.25, 0.3) is 0 Å². The van der Waals surface area contributed by atoms with Crippen molar-refractivity contribution in [1.29, 1.82) is 5.26 Å². The van der Waals surface area contributed by atoms with Crippen LogP contribution in [0.15, 0.2) is 36.4 Å². The zero-order valence-corrected chi connectivity index (χ0v) is 14.8. The zero-order valence-electron chi connectivity index (χ0n) is 14.0. The second-order valence-corrected chi connectivity index (χ2v) is 7.06. The van der Waals surface area contributed by atoms with Crippen molar-refractivity contribution in [3.05, 3.63) is 47.1 Å². The van der Waals surface area contributed by atoms with E-state index in [1.54, 1.807) is 11.9 Å². The summed E-state index contributed by atoms with van der Waals surface area (Å²) in [6.07, 6.45) is 0.740. The molecule has 1 amide bonds. The average molecular weight is 350 g/mol. The van der Waals surface area contributed by atoms with Gasteiger partial charge >= 0.3 is 0 Å². The van der Waals surface area contributed by atoms with E-state index in [1.165, 1.54) is 0 Å². The molecule has 1 atom stereocenters. The Balaban J connectivity index is 2.20. The maximum atomic E-state index is 13.1. The Kier molecular flexibility index (Phi) is 3.45. The summed E-state index contributed by atoms with van der Waals surface area (Å²) < 4.78 is 0. The summed E-state index contributed by atoms with van der Waals surface area (Å²) in [5, 5.41) is 12.5. The highest BCUT2D eigenvalue weighted by molar-refractivity contribution is 6.38. The minimum atomic E-state index is -0.826. The number of fused-ring (bicyclic) bond motifs is 2. The van der Waals surface area contributed by atoms with Crippen molar-refractivity contribution in [2.75, 3.05) is 11.9 Å². The quantitative estimate of drug-likeness (QED) is 0.636. The van der Waals surface area contributed by atoms with Gasteiger partial charge in [-0.1, -0.05) is 29.8 Å². The predicted octanol–water partition coefficient (Wildman–Crippen LogP) is 4.58. The van der Waals surface area contributed by atoms with E-state index < -0.39 is 5.41 Å². The first-order chi connectivity index (χ1) is 12.0. The third-order valence-corrected chi connectivity index (χ3v) is 5.48. The van der Waals surface area contributed by atoms with Crippen LogP contribution in [0.25, 0.3) is 21.7 Å². The summed E-state index contributed by atoms with van der Waals surface area (Å²) in [7, 11) is 1.78. The Bertz CT molecular complexity index is 1090. The van der Waals surface area contributed by atoms with Gasteiger partial charge in [0.1, 0.15) is 0 Å². The van der Waals surface area contributed by atoms with Gasteiger partial charge in [-0.3, -0.25) is 9.78 Å². The van der Waals surface area contributed by atoms with Gasteiger partial charge in [-0.15, -0.1) is 0 Å². The Morgan fingerprint density at radius 3 is 2.76 bits per heavy atom. The summed E-state index contributed by atoms with van der Waals surface area (Å²) in [5.41, 5.74) is 1.52. The Morgan fingerprint density at radius 1 is 1.24 bits per heavy atom. The van der Waals surface area contributed by atoms with E-state index in [-0.39, 0.29) is 5.91 Å². The van der Waals surface area contributed by atoms with Gasteiger partial charge in [-0.25, -0.2) is 0 Å². The number of hydrogen-bond donors (Lipinski definition) is 0. The molecule has 1 aromatic heterocycles. The number of pyridine rings is 1. The molecule has 4 nitrogen and oxygen atoms in total. The summed E-state index contributed by atoms with van der Waals surface area (Å²) >= 11 is 6.46. The van der Waals surface area contributed by atoms with Crippen molar-refractivity contribution in [3.63, 3.8) is 0 Å². The summed E-state index contributed by atoms with van der Waals surface area (Å²) in [6.45, 7) is 1.89. The smallest absolute Gasteiger partial charge is 0.238 e. The maximum absolute atomic E-state index is 13.1. The fraction of sp³-hybridized carbons (Fsp3) is 0.250. The molecule has 3 aromatic rings. The molecule has 0 fully saturated rings. The lowest BCUT2D eigenvalue weighted by atomic mass is 9.75. The van der Waals surface area contributed by atoms with Crippen LogP contribution in [0.1, 0.15) is 25.5 Å². The number of carbonyl (C=O) groups excluding carboxylic acids is 1. The highest BCUT2D eigenvalue weighted by Gasteiger charge is 2.44. The first-order valence-corrected chi connectivity index (χ1v) is 8.53. The SMILES string of the molecule is CN1C(=O)C(C)(CCC#N)c2nc3cccc(Cl)c3c3cccc1c23. The normalized spacial score (nSPS) is 19.4. The van der Waals surface area contributed by atoms with Crippen LogP contribution in [-0.4, -0.2) is 17.9 Å². The number of halogens is 1. The van der Waals surface area contributed by atoms with Crippen LogP contribution in [0.4, 0.5) is 5.69 Å². The van der Waals surface area contributed by atoms with Crippen molar-refractivity contribution in [2.45, 2.75) is 25.2 Å². The van der Waals surface area contributed by atoms with E-state index in [2.05, 4.69) is 6.07 Å². The number of likely N-dealkylation sites (N-methyl/N-ethyl adjacent to an activating group) is 1. The summed E-state index contributed by atoms with van der Waals surface area (Å²) in [5.74, 6) is -0.0309. The van der Waals surface area contributed by atoms with E-state index in [1.807, 2.05) is 43.3 Å². The molecule has 0 saturated heterocycles. The number of carbonyl (C=O) groups is 1. The van der Waals surface area contributed by atoms with Crippen LogP contribution in [0.5, 0.6) is 0 Å². The highest BCUT2D eigenvalue weighted by Crippen LogP contribution is 2.46. The topological polar surface area (TPSA) is 57.0 Å². The van der Waals surface area contributed by atoms with Crippen molar-refractivity contribution in [2.24, 2.45) is 0 Å². The Morgan fingerprint density at radius 2 is 2.00 bits per heavy atom. The van der Waals surface area contributed by atoms with Gasteiger partial charge in [0, 0.05) is 24.2 Å². The number of nitrogens with zero attached hydrogens (tertiary/aromatic N) is 3. The highest BCUT2D eigenvalue weighted by atomic mass is 35.5. The monoisotopic (exact) mass is 349 g/mol. The molecule has 25 heavy (non-hydrogen) atoms. The van der Waals surface area contributed by atoms with Crippen molar-refractivity contribution < 1.29 is 4.79 Å². The second kappa shape index (κ2) is 5.44. The van der Waals surface area contributed by atoms with Gasteiger partial charge in [-0.2, -0.15) is 5.26 Å². The maximum Gasteiger partial charge on any atom is 0.238 e. The Hall–Kier alpha value is -2.64. The summed E-state index contributed by atoms with van der Waals surface area (Å²) in [6, 6.07) is 13.7. The number of nitriles is 1. The summed E-state index contributed by atoms with van der Waals surface area (Å²) in [4.78, 5) is 19.6. The van der Waals surface area contributed by atoms with Crippen LogP contribution in [0.2, 0.25) is 5.02 Å². The van der Waals surface area contributed by atoms with Gasteiger partial charge in [0.2, 0.25) is 5.91 Å². The number of amides is 1. The molecule has 0 spiro atoms. The van der Waals surface area contributed by atoms with Crippen LogP contribution in [-0.2, 0) is 10.2 Å². The van der Waals surface area contributed by atoms with Crippen LogP contribution in [0.3, 0.4) is 0 Å². The lowest BCUT2D eigenvalue weighted by Gasteiger charge is -2.38. The van der Waals surface area contributed by atoms with E-state index in [9.17, 15) is 4.79 Å². The number of aromatic nitrogens is 1. The molecule has 2 heterocycles. The van der Waals surface area contributed by atoms with E-state index >= 15 is 0 Å². The molecule has 5 heteroatoms. The van der Waals surface area contributed by atoms with Crippen molar-refractivity contribution >= 4 is 44.9 Å². The lowest BCUT2D eigenvalue weighted by molar-refractivity contribution is -0.123. The largest absolute Gasteiger partial charge is 0.314 e. The van der Waals surface area contributed by atoms with Crippen LogP contribution < -0.4 is 4.90 Å². The fourth-order valence-electron chi connectivity index (χ4n) is 3.84. The number of anilines is 1. The minimum absolute atomic E-state index is 0.0309. The molecule has 0 bridgehead atoms. The van der Waals surface area contributed by atoms with E-state index in [0.29, 0.717) is 17.9 Å². The molecular weight excluding hydrogens is 334 g/mol. The minimum Gasteiger partial charge on any atom is -0.314 e. The molecule has 0 radical (unpaired) electrons. The predicted molar refractivity (Wildman–Crippen MR) is 99.9 cm³/mol. The molecule has 0 N–H and O–H groups in total. The molecule has 124 valence electrons. The molecule has 4 rings (SSSR count). The number of benzene rings is 2. The molecule has 2 aromatic carbocycles. The molecular formula is C20H16ClN3O. The molecule has 1 aliphatic rings. The van der Waals surface area contributed by atoms with Gasteiger partial charge in [0.05, 0.1) is 33.4 Å². The number of rotatable bonds is 2. The van der Waals surface area contributed by atoms with Crippen LogP contribution >= 0.6 is 11.6 Å². The van der Waals surface area contributed by atoms with Crippen molar-refractivity contribution in [1.82, 2.24) is 4.98 Å². The third kappa shape index (κ3) is 2.06. The Labute approximate surface area is 150 Å². The van der Waals surface area contributed by atoms with Crippen LogP contribution in [0, 0.1) is 11.3 Å². The third-order valence-electron chi connectivity index (χ3n) is 5.17. The molecule has 1 aliphatic heterocycles. The van der Waals surface area contributed by atoms with Gasteiger partial charge in [-0.05, 0) is 36.9 Å². The lowest BCUT2D eigenvalue weighted by Crippen LogP contribution is -2.47. The molecule has 1 unspecified atom stereocenters. The van der Waals surface area contributed by atoms with Gasteiger partial charge < -0.3 is 4.90 Å². The number of hydrogen-bond acceptors (Lipinski definition) is 3. The fourth-order valence-corrected chi connectivity index (χ4v) is 4.11. The van der Waals surface area contributed by atoms with E-state index in [4.69, 9.17) is 21.8 Å². The molecule has 0 saturated carbocycles.